The van der Waals surface area contributed by atoms with Crippen LogP contribution in [0.5, 0.6) is 5.75 Å². The average molecular weight is 267 g/mol. The first kappa shape index (κ1) is 12.8. The number of ether oxygens (including phenoxy) is 1. The van der Waals surface area contributed by atoms with Gasteiger partial charge in [-0.05, 0) is 19.1 Å². The second kappa shape index (κ2) is 5.02. The van der Waals surface area contributed by atoms with Crippen molar-refractivity contribution in [3.63, 3.8) is 0 Å². The third kappa shape index (κ3) is 1.96. The number of H-pyrrole nitrogens is 1. The van der Waals surface area contributed by atoms with Gasteiger partial charge in [0, 0.05) is 27.7 Å². The fraction of sp³-hybridized carbons (Fsp3) is 0.176. The maximum absolute atomic E-state index is 10.8. The van der Waals surface area contributed by atoms with Crippen LogP contribution in [0.1, 0.15) is 22.9 Å². The van der Waals surface area contributed by atoms with Gasteiger partial charge in [0.1, 0.15) is 11.9 Å². The minimum absolute atomic E-state index is 0.699. The van der Waals surface area contributed by atoms with Crippen LogP contribution in [0, 0.1) is 6.92 Å². The van der Waals surface area contributed by atoms with Crippen molar-refractivity contribution < 1.29 is 9.84 Å². The van der Waals surface area contributed by atoms with Crippen LogP contribution in [-0.2, 0) is 0 Å². The highest BCUT2D eigenvalue weighted by molar-refractivity contribution is 5.85. The summed E-state index contributed by atoms with van der Waals surface area (Å²) in [5.74, 6) is 0.699. The zero-order valence-electron chi connectivity index (χ0n) is 11.6. The summed E-state index contributed by atoms with van der Waals surface area (Å²) in [6.07, 6.45) is -0.706. The molecule has 3 nitrogen and oxygen atoms in total. The van der Waals surface area contributed by atoms with E-state index in [1.807, 2.05) is 55.5 Å². The van der Waals surface area contributed by atoms with Gasteiger partial charge >= 0.3 is 0 Å². The SMILES string of the molecule is COc1ccccc1C(O)c1c(C)[nH]c2ccccc12. The van der Waals surface area contributed by atoms with Gasteiger partial charge in [-0.2, -0.15) is 0 Å². The number of aryl methyl sites for hydroxylation is 1. The van der Waals surface area contributed by atoms with E-state index in [9.17, 15) is 5.11 Å². The van der Waals surface area contributed by atoms with Crippen molar-refractivity contribution in [1.82, 2.24) is 4.98 Å². The first-order valence-corrected chi connectivity index (χ1v) is 6.60. The highest BCUT2D eigenvalue weighted by atomic mass is 16.5. The highest BCUT2D eigenvalue weighted by Gasteiger charge is 2.20. The van der Waals surface area contributed by atoms with Crippen LogP contribution >= 0.6 is 0 Å². The molecule has 0 amide bonds. The fourth-order valence-electron chi connectivity index (χ4n) is 2.70. The van der Waals surface area contributed by atoms with E-state index in [1.54, 1.807) is 7.11 Å². The quantitative estimate of drug-likeness (QED) is 0.762. The number of benzene rings is 2. The van der Waals surface area contributed by atoms with Crippen LogP contribution in [0.2, 0.25) is 0 Å². The van der Waals surface area contributed by atoms with Gasteiger partial charge in [-0.15, -0.1) is 0 Å². The first-order chi connectivity index (χ1) is 9.72. The predicted molar refractivity (Wildman–Crippen MR) is 80.1 cm³/mol. The third-order valence-electron chi connectivity index (χ3n) is 3.65. The third-order valence-corrected chi connectivity index (χ3v) is 3.65. The van der Waals surface area contributed by atoms with E-state index in [2.05, 4.69) is 4.98 Å². The molecule has 3 aromatic rings. The lowest BCUT2D eigenvalue weighted by Crippen LogP contribution is -2.03. The molecule has 3 rings (SSSR count). The van der Waals surface area contributed by atoms with Gasteiger partial charge in [0.15, 0.2) is 0 Å². The van der Waals surface area contributed by atoms with Gasteiger partial charge < -0.3 is 14.8 Å². The average Bonchev–Trinajstić information content (AvgIpc) is 2.82. The summed E-state index contributed by atoms with van der Waals surface area (Å²) in [5.41, 5.74) is 3.70. The summed E-state index contributed by atoms with van der Waals surface area (Å²) in [6.45, 7) is 1.98. The summed E-state index contributed by atoms with van der Waals surface area (Å²) in [5, 5.41) is 11.8. The second-order valence-electron chi connectivity index (χ2n) is 4.85. The van der Waals surface area contributed by atoms with Crippen LogP contribution in [0.25, 0.3) is 10.9 Å². The normalized spacial score (nSPS) is 12.6. The van der Waals surface area contributed by atoms with Gasteiger partial charge in [0.05, 0.1) is 7.11 Å². The van der Waals surface area contributed by atoms with Crippen molar-refractivity contribution in [2.24, 2.45) is 0 Å². The topological polar surface area (TPSA) is 45.2 Å². The van der Waals surface area contributed by atoms with Crippen molar-refractivity contribution in [2.75, 3.05) is 7.11 Å². The molecule has 0 aliphatic rings. The minimum atomic E-state index is -0.706. The van der Waals surface area contributed by atoms with E-state index in [0.29, 0.717) is 5.75 Å². The van der Waals surface area contributed by atoms with Gasteiger partial charge in [-0.25, -0.2) is 0 Å². The molecular formula is C17H17NO2. The lowest BCUT2D eigenvalue weighted by molar-refractivity contribution is 0.215. The van der Waals surface area contributed by atoms with E-state index in [-0.39, 0.29) is 0 Å². The van der Waals surface area contributed by atoms with E-state index >= 15 is 0 Å². The number of para-hydroxylation sites is 2. The molecule has 1 heterocycles. The number of hydrogen-bond donors (Lipinski definition) is 2. The fourth-order valence-corrected chi connectivity index (χ4v) is 2.70. The number of aliphatic hydroxyl groups excluding tert-OH is 1. The number of aliphatic hydroxyl groups is 1. The number of hydrogen-bond acceptors (Lipinski definition) is 2. The van der Waals surface area contributed by atoms with Gasteiger partial charge in [0.25, 0.3) is 0 Å². The Morgan fingerprint density at radius 1 is 1.05 bits per heavy atom. The number of rotatable bonds is 3. The van der Waals surface area contributed by atoms with E-state index in [0.717, 1.165) is 27.7 Å². The zero-order valence-corrected chi connectivity index (χ0v) is 11.6. The lowest BCUT2D eigenvalue weighted by Gasteiger charge is -2.15. The highest BCUT2D eigenvalue weighted by Crippen LogP contribution is 2.35. The molecule has 1 unspecified atom stereocenters. The molecule has 0 saturated heterocycles. The van der Waals surface area contributed by atoms with Crippen LogP contribution in [0.15, 0.2) is 48.5 Å². The molecule has 2 aromatic carbocycles. The minimum Gasteiger partial charge on any atom is -0.496 e. The molecule has 0 spiro atoms. The van der Waals surface area contributed by atoms with Crippen LogP contribution in [-0.4, -0.2) is 17.2 Å². The molecule has 0 bridgehead atoms. The van der Waals surface area contributed by atoms with Crippen molar-refractivity contribution in [3.05, 3.63) is 65.4 Å². The van der Waals surface area contributed by atoms with Crippen LogP contribution in [0.4, 0.5) is 0 Å². The predicted octanol–water partition coefficient (Wildman–Crippen LogP) is 3.57. The summed E-state index contributed by atoms with van der Waals surface area (Å²) in [6, 6.07) is 15.6. The van der Waals surface area contributed by atoms with Gasteiger partial charge in [-0.1, -0.05) is 36.4 Å². The Morgan fingerprint density at radius 2 is 1.75 bits per heavy atom. The maximum Gasteiger partial charge on any atom is 0.125 e. The van der Waals surface area contributed by atoms with Crippen molar-refractivity contribution >= 4 is 10.9 Å². The smallest absolute Gasteiger partial charge is 0.125 e. The van der Waals surface area contributed by atoms with Gasteiger partial charge in [-0.3, -0.25) is 0 Å². The molecule has 0 aliphatic carbocycles. The Kier molecular flexibility index (Phi) is 3.20. The molecule has 0 fully saturated rings. The molecule has 0 aliphatic heterocycles. The Bertz CT molecular complexity index is 746. The monoisotopic (exact) mass is 267 g/mol. The summed E-state index contributed by atoms with van der Waals surface area (Å²) < 4.78 is 5.35. The summed E-state index contributed by atoms with van der Waals surface area (Å²) in [7, 11) is 1.62. The molecule has 1 aromatic heterocycles. The van der Waals surface area contributed by atoms with E-state index in [1.165, 1.54) is 0 Å². The standard InChI is InChI=1S/C17H17NO2/c1-11-16(12-7-3-5-9-14(12)18-11)17(19)13-8-4-6-10-15(13)20-2/h3-10,17-19H,1-2H3. The second-order valence-corrected chi connectivity index (χ2v) is 4.85. The number of nitrogens with one attached hydrogen (secondary N) is 1. The molecule has 20 heavy (non-hydrogen) atoms. The zero-order chi connectivity index (χ0) is 14.1. The Hall–Kier alpha value is -2.26. The Labute approximate surface area is 117 Å². The maximum atomic E-state index is 10.8. The van der Waals surface area contributed by atoms with E-state index < -0.39 is 6.10 Å². The van der Waals surface area contributed by atoms with Crippen LogP contribution < -0.4 is 4.74 Å². The van der Waals surface area contributed by atoms with E-state index in [4.69, 9.17) is 4.74 Å². The Balaban J connectivity index is 2.17. The van der Waals surface area contributed by atoms with Crippen molar-refractivity contribution in [1.29, 1.82) is 0 Å². The summed E-state index contributed by atoms with van der Waals surface area (Å²) >= 11 is 0. The molecule has 0 saturated carbocycles. The largest absolute Gasteiger partial charge is 0.496 e. The van der Waals surface area contributed by atoms with Crippen molar-refractivity contribution in [2.45, 2.75) is 13.0 Å². The molecule has 1 atom stereocenters. The molecule has 2 N–H and O–H groups in total. The van der Waals surface area contributed by atoms with Crippen LogP contribution in [0.3, 0.4) is 0 Å². The van der Waals surface area contributed by atoms with Crippen molar-refractivity contribution in [3.8, 4) is 5.75 Å². The first-order valence-electron chi connectivity index (χ1n) is 6.60. The lowest BCUT2D eigenvalue weighted by atomic mass is 9.98. The molecular weight excluding hydrogens is 250 g/mol. The molecule has 3 heteroatoms. The Morgan fingerprint density at radius 3 is 2.55 bits per heavy atom. The number of fused-ring (bicyclic) bond motifs is 1. The van der Waals surface area contributed by atoms with Gasteiger partial charge in [0.2, 0.25) is 0 Å². The molecule has 102 valence electrons. The molecule has 0 radical (unpaired) electrons. The number of methoxy groups -OCH3 is 1. The summed E-state index contributed by atoms with van der Waals surface area (Å²) in [4.78, 5) is 3.31. The number of aromatic nitrogens is 1. The number of aromatic amines is 1.